The average molecular weight is 312 g/mol. The Kier molecular flexibility index (Phi) is 19.9. The van der Waals surface area contributed by atoms with E-state index in [1.807, 2.05) is 0 Å². The number of nitrogens with two attached hydrogens (primary N) is 2. The third-order valence-corrected chi connectivity index (χ3v) is 2.11. The maximum Gasteiger partial charge on any atom is 2.00 e. The molecule has 0 fully saturated rings. The van der Waals surface area contributed by atoms with Crippen LogP contribution >= 0.6 is 25.3 Å². The van der Waals surface area contributed by atoms with Crippen molar-refractivity contribution in [2.75, 3.05) is 11.5 Å². The summed E-state index contributed by atoms with van der Waals surface area (Å²) in [5, 5.41) is 39.0. The molecule has 0 unspecified atom stereocenters. The number of carboxylic acid groups (broad SMARTS) is 2. The summed E-state index contributed by atoms with van der Waals surface area (Å²) in [5.74, 6) is -2.72. The van der Waals surface area contributed by atoms with Gasteiger partial charge >= 0.3 is 37.7 Å². The van der Waals surface area contributed by atoms with Crippen molar-refractivity contribution in [1.29, 1.82) is 0 Å². The van der Waals surface area contributed by atoms with Gasteiger partial charge in [0.25, 0.3) is 0 Å². The van der Waals surface area contributed by atoms with Crippen LogP contribution in [0.1, 0.15) is 0 Å². The number of quaternary nitrogens is 2. The molecule has 17 heavy (non-hydrogen) atoms. The van der Waals surface area contributed by atoms with Gasteiger partial charge in [-0.25, -0.2) is 0 Å². The number of aliphatic carboxylic acids is 2. The van der Waals surface area contributed by atoms with Gasteiger partial charge in [0, 0.05) is 11.5 Å². The van der Waals surface area contributed by atoms with Crippen LogP contribution in [-0.4, -0.2) is 73.3 Å². The molecule has 0 aliphatic carbocycles. The molecule has 0 aliphatic heterocycles. The second-order valence-electron chi connectivity index (χ2n) is 2.49. The van der Waals surface area contributed by atoms with Crippen molar-refractivity contribution < 1.29 is 30.8 Å². The average Bonchev–Trinajstić information content (AvgIpc) is 2.21. The molecular weight excluding hydrogens is 300 g/mol. The zero-order valence-electron chi connectivity index (χ0n) is 8.77. The standard InChI is InChI=1S/2C3H7NO3S.Ca/c2*5-3(6)2(1-8)4-7;/h2*2,8H,1,4H2,(H,5,6);/q;;+2/p-2/t2*2-;/m00./s1. The molecule has 8 nitrogen and oxygen atoms in total. The van der Waals surface area contributed by atoms with Crippen LogP contribution in [0.25, 0.3) is 0 Å². The third-order valence-electron chi connectivity index (χ3n) is 1.33. The fourth-order valence-corrected chi connectivity index (χ4v) is 0.817. The monoisotopic (exact) mass is 312 g/mol. The van der Waals surface area contributed by atoms with Gasteiger partial charge in [-0.3, -0.25) is 0 Å². The molecule has 0 amide bonds. The number of carbonyl (C=O) groups excluding carboxylic acids is 2. The predicted molar refractivity (Wildman–Crippen MR) is 61.6 cm³/mol. The molecule has 4 N–H and O–H groups in total. The number of hydroxylamine groups is 2. The van der Waals surface area contributed by atoms with Crippen molar-refractivity contribution >= 4 is 74.9 Å². The molecule has 2 atom stereocenters. The Morgan fingerprint density at radius 1 is 0.941 bits per heavy atom. The Labute approximate surface area is 139 Å². The molecule has 0 rings (SSSR count). The Bertz CT molecular complexity index is 193. The van der Waals surface area contributed by atoms with Gasteiger partial charge in [0.15, 0.2) is 0 Å². The van der Waals surface area contributed by atoms with Crippen LogP contribution in [0.4, 0.5) is 0 Å². The Balaban J connectivity index is -0.000000218. The number of rotatable bonds is 6. The molecule has 0 radical (unpaired) electrons. The minimum atomic E-state index is -1.37. The maximum atomic E-state index is 9.77. The van der Waals surface area contributed by atoms with Crippen LogP contribution in [-0.2, 0) is 9.59 Å². The topological polar surface area (TPSA) is 160 Å². The number of thiol groups is 2. The van der Waals surface area contributed by atoms with Gasteiger partial charge in [-0.1, -0.05) is 0 Å². The van der Waals surface area contributed by atoms with Gasteiger partial charge in [0.05, 0.1) is 0 Å². The van der Waals surface area contributed by atoms with Gasteiger partial charge in [-0.15, -0.1) is 0 Å². The first kappa shape index (κ1) is 22.9. The van der Waals surface area contributed by atoms with Crippen molar-refractivity contribution in [2.24, 2.45) is 0 Å². The van der Waals surface area contributed by atoms with Crippen molar-refractivity contribution in [2.45, 2.75) is 12.1 Å². The molecule has 96 valence electrons. The minimum absolute atomic E-state index is 0. The van der Waals surface area contributed by atoms with Gasteiger partial charge in [-0.05, 0) is 0 Å². The van der Waals surface area contributed by atoms with E-state index in [2.05, 4.69) is 25.3 Å². The van der Waals surface area contributed by atoms with E-state index >= 15 is 0 Å². The fourth-order valence-electron chi connectivity index (χ4n) is 0.346. The SMILES string of the molecule is O=C([O-])[C@H](CS)[NH2+][O-].O=C([O-])[C@H](CS)[NH2+][O-].[Ca+2]. The molecule has 0 heterocycles. The summed E-state index contributed by atoms with van der Waals surface area (Å²) < 4.78 is 0. The number of hydrogen-bond donors (Lipinski definition) is 4. The van der Waals surface area contributed by atoms with Gasteiger partial charge in [0.1, 0.15) is 24.0 Å². The smallest absolute Gasteiger partial charge is 0.635 e. The van der Waals surface area contributed by atoms with E-state index in [9.17, 15) is 30.2 Å². The molecular formula is C6H12CaN2O6S2. The van der Waals surface area contributed by atoms with Gasteiger partial charge in [0.2, 0.25) is 0 Å². The van der Waals surface area contributed by atoms with Crippen molar-refractivity contribution in [3.05, 3.63) is 10.4 Å². The Morgan fingerprint density at radius 2 is 1.18 bits per heavy atom. The van der Waals surface area contributed by atoms with E-state index in [4.69, 9.17) is 0 Å². The third kappa shape index (κ3) is 13.0. The maximum absolute atomic E-state index is 9.77. The van der Waals surface area contributed by atoms with Crippen LogP contribution in [0.5, 0.6) is 0 Å². The van der Waals surface area contributed by atoms with E-state index in [-0.39, 0.29) is 49.2 Å². The molecule has 0 spiro atoms. The number of hydrogen-bond acceptors (Lipinski definition) is 8. The normalized spacial score (nSPS) is 12.5. The van der Waals surface area contributed by atoms with Crippen LogP contribution in [0.2, 0.25) is 0 Å². The van der Waals surface area contributed by atoms with E-state index in [1.165, 1.54) is 0 Å². The summed E-state index contributed by atoms with van der Waals surface area (Å²) in [6, 6.07) is -2.11. The fraction of sp³-hybridized carbons (Fsp3) is 0.667. The van der Waals surface area contributed by atoms with Crippen LogP contribution in [0.3, 0.4) is 0 Å². The molecule has 11 heteroatoms. The number of carbonyl (C=O) groups is 2. The van der Waals surface area contributed by atoms with Crippen LogP contribution in [0.15, 0.2) is 0 Å². The summed E-state index contributed by atoms with van der Waals surface area (Å²) in [6.45, 7) is 0. The number of carboxylic acids is 2. The first-order chi connectivity index (χ1) is 7.44. The van der Waals surface area contributed by atoms with Crippen LogP contribution < -0.4 is 21.2 Å². The van der Waals surface area contributed by atoms with Gasteiger partial charge in [-0.2, -0.15) is 25.3 Å². The summed E-state index contributed by atoms with van der Waals surface area (Å²) in [6.07, 6.45) is 0. The zero-order valence-corrected chi connectivity index (χ0v) is 12.8. The zero-order chi connectivity index (χ0) is 13.1. The quantitative estimate of drug-likeness (QED) is 0.217. The Morgan fingerprint density at radius 3 is 1.18 bits per heavy atom. The summed E-state index contributed by atoms with van der Waals surface area (Å²) in [7, 11) is 0. The summed E-state index contributed by atoms with van der Waals surface area (Å²) in [5.41, 5.74) is 0.616. The predicted octanol–water partition coefficient (Wildman–Crippen LogP) is -6.19. The molecule has 0 aromatic heterocycles. The molecule has 0 bridgehead atoms. The van der Waals surface area contributed by atoms with E-state index in [0.29, 0.717) is 11.0 Å². The van der Waals surface area contributed by atoms with E-state index in [0.717, 1.165) is 0 Å². The van der Waals surface area contributed by atoms with E-state index < -0.39 is 24.0 Å². The second-order valence-corrected chi connectivity index (χ2v) is 3.22. The Hall–Kier alpha value is 0.740. The van der Waals surface area contributed by atoms with Crippen molar-refractivity contribution in [3.8, 4) is 0 Å². The molecule has 0 aliphatic rings. The molecule has 0 aromatic rings. The first-order valence-corrected chi connectivity index (χ1v) is 5.25. The van der Waals surface area contributed by atoms with Crippen molar-refractivity contribution in [3.63, 3.8) is 0 Å². The molecule has 0 aromatic carbocycles. The van der Waals surface area contributed by atoms with Crippen molar-refractivity contribution in [1.82, 2.24) is 0 Å². The first-order valence-electron chi connectivity index (χ1n) is 3.98. The van der Waals surface area contributed by atoms with E-state index in [1.54, 1.807) is 0 Å². The second kappa shape index (κ2) is 14.8. The minimum Gasteiger partial charge on any atom is -0.635 e. The van der Waals surface area contributed by atoms with Crippen LogP contribution in [0, 0.1) is 10.4 Å². The largest absolute Gasteiger partial charge is 2.00 e. The molecule has 0 saturated heterocycles. The molecule has 0 saturated carbocycles. The van der Waals surface area contributed by atoms with Gasteiger partial charge < -0.3 is 41.2 Å². The summed E-state index contributed by atoms with van der Waals surface area (Å²) in [4.78, 5) is 19.5. The summed E-state index contributed by atoms with van der Waals surface area (Å²) >= 11 is 7.17.